The molecule has 0 fully saturated rings. The number of aryl methyl sites for hydroxylation is 1. The summed E-state index contributed by atoms with van der Waals surface area (Å²) >= 11 is 0. The minimum atomic E-state index is -1.06. The predicted octanol–water partition coefficient (Wildman–Crippen LogP) is 2.01. The van der Waals surface area contributed by atoms with Crippen molar-refractivity contribution in [3.63, 3.8) is 0 Å². The summed E-state index contributed by atoms with van der Waals surface area (Å²) in [5.74, 6) is 0. The Morgan fingerprint density at radius 1 is 1.21 bits per heavy atom. The lowest BCUT2D eigenvalue weighted by atomic mass is 9.96. The third kappa shape index (κ3) is 3.79. The van der Waals surface area contributed by atoms with E-state index in [-0.39, 0.29) is 0 Å². The molecule has 126 valence electrons. The summed E-state index contributed by atoms with van der Waals surface area (Å²) in [6.07, 6.45) is 7.97. The third-order valence-electron chi connectivity index (χ3n) is 4.09. The largest absolute Gasteiger partial charge is 0.361 e. The summed E-state index contributed by atoms with van der Waals surface area (Å²) in [4.78, 5) is 4.63. The number of aromatic nitrogens is 4. The van der Waals surface area contributed by atoms with E-state index in [4.69, 9.17) is 4.74 Å². The van der Waals surface area contributed by atoms with Crippen molar-refractivity contribution in [1.82, 2.24) is 19.3 Å². The molecule has 0 radical (unpaired) electrons. The Labute approximate surface area is 145 Å². The minimum absolute atomic E-state index is 0.539. The van der Waals surface area contributed by atoms with Crippen LogP contribution >= 0.6 is 0 Å². The molecule has 0 atom stereocenters. The average molecular weight is 340 g/mol. The van der Waals surface area contributed by atoms with Crippen molar-refractivity contribution in [2.45, 2.75) is 32.4 Å². The second kappa shape index (κ2) is 6.57. The van der Waals surface area contributed by atoms with Gasteiger partial charge in [-0.25, -0.2) is 4.98 Å². The van der Waals surface area contributed by atoms with Crippen LogP contribution in [0.1, 0.15) is 0 Å². The summed E-state index contributed by atoms with van der Waals surface area (Å²) in [7, 11) is 2.94. The molecule has 3 heterocycles. The van der Waals surface area contributed by atoms with Gasteiger partial charge in [0.1, 0.15) is 20.2 Å². The van der Waals surface area contributed by atoms with Crippen LogP contribution in [0.5, 0.6) is 0 Å². The van der Waals surface area contributed by atoms with Crippen LogP contribution in [-0.4, -0.2) is 41.9 Å². The number of pyridine rings is 1. The van der Waals surface area contributed by atoms with E-state index in [1.807, 2.05) is 30.3 Å². The Hall–Kier alpha value is -1.86. The van der Waals surface area contributed by atoms with Crippen LogP contribution in [0.4, 0.5) is 0 Å². The zero-order valence-corrected chi connectivity index (χ0v) is 16.2. The van der Waals surface area contributed by atoms with Gasteiger partial charge in [-0.3, -0.25) is 4.68 Å². The van der Waals surface area contributed by atoms with Crippen LogP contribution < -0.4 is 5.46 Å². The van der Waals surface area contributed by atoms with Crippen LogP contribution in [0.25, 0.3) is 22.2 Å². The van der Waals surface area contributed by atoms with E-state index >= 15 is 0 Å². The number of hydrogen-bond donors (Lipinski definition) is 0. The highest BCUT2D eigenvalue weighted by Gasteiger charge is 2.15. The van der Waals surface area contributed by atoms with Crippen molar-refractivity contribution in [3.8, 4) is 11.1 Å². The molecule has 3 rings (SSSR count). The van der Waals surface area contributed by atoms with E-state index in [0.29, 0.717) is 6.73 Å². The van der Waals surface area contributed by atoms with Crippen molar-refractivity contribution in [2.24, 2.45) is 7.05 Å². The maximum absolute atomic E-state index is 5.93. The molecule has 3 aromatic rings. The molecule has 24 heavy (non-hydrogen) atoms. The van der Waals surface area contributed by atoms with Gasteiger partial charge < -0.3 is 9.30 Å². The molecule has 0 spiro atoms. The smallest absolute Gasteiger partial charge is 0.142 e. The average Bonchev–Trinajstić information content (AvgIpc) is 3.06. The first kappa shape index (κ1) is 17.0. The number of nitrogens with zero attached hydrogens (tertiary/aromatic N) is 4. The van der Waals surface area contributed by atoms with Gasteiger partial charge >= 0.3 is 0 Å². The summed E-state index contributed by atoms with van der Waals surface area (Å²) in [5.41, 5.74) is 4.39. The van der Waals surface area contributed by atoms with Crippen LogP contribution in [0.2, 0.25) is 25.7 Å². The fourth-order valence-electron chi connectivity index (χ4n) is 2.71. The van der Waals surface area contributed by atoms with E-state index in [1.165, 1.54) is 6.04 Å². The molecule has 0 unspecified atom stereocenters. The van der Waals surface area contributed by atoms with Crippen LogP contribution in [0.3, 0.4) is 0 Å². The van der Waals surface area contributed by atoms with Crippen LogP contribution in [-0.2, 0) is 18.5 Å². The van der Waals surface area contributed by atoms with Gasteiger partial charge in [-0.05, 0) is 6.04 Å². The van der Waals surface area contributed by atoms with E-state index < -0.39 is 8.07 Å². The molecule has 3 aromatic heterocycles. The molecule has 0 N–H and O–H groups in total. The number of fused-ring (bicyclic) bond motifs is 1. The van der Waals surface area contributed by atoms with Crippen LogP contribution in [0, 0.1) is 0 Å². The van der Waals surface area contributed by atoms with Crippen molar-refractivity contribution in [1.29, 1.82) is 0 Å². The summed E-state index contributed by atoms with van der Waals surface area (Å²) in [5, 5.41) is 5.44. The molecule has 0 saturated carbocycles. The third-order valence-corrected chi connectivity index (χ3v) is 5.80. The van der Waals surface area contributed by atoms with E-state index in [1.54, 1.807) is 0 Å². The van der Waals surface area contributed by atoms with E-state index in [0.717, 1.165) is 34.2 Å². The lowest BCUT2D eigenvalue weighted by Crippen LogP contribution is -2.22. The highest BCUT2D eigenvalue weighted by Crippen LogP contribution is 2.28. The lowest BCUT2D eigenvalue weighted by Gasteiger charge is -2.15. The molecule has 0 aliphatic heterocycles. The van der Waals surface area contributed by atoms with Gasteiger partial charge in [-0.2, -0.15) is 5.10 Å². The number of rotatable bonds is 6. The lowest BCUT2D eigenvalue weighted by molar-refractivity contribution is 0.0899. The van der Waals surface area contributed by atoms with Crippen molar-refractivity contribution in [2.75, 3.05) is 6.61 Å². The maximum atomic E-state index is 5.93. The van der Waals surface area contributed by atoms with Gasteiger partial charge in [-0.15, -0.1) is 0 Å². The van der Waals surface area contributed by atoms with Gasteiger partial charge in [0, 0.05) is 56.8 Å². The Bertz CT molecular complexity index is 850. The van der Waals surface area contributed by atoms with E-state index in [2.05, 4.69) is 54.4 Å². The first-order valence-electron chi connectivity index (χ1n) is 8.36. The molecule has 0 aliphatic carbocycles. The maximum Gasteiger partial charge on any atom is 0.142 e. The molecular formula is C17H25BN4OSi. The Balaban J connectivity index is 1.88. The minimum Gasteiger partial charge on any atom is -0.361 e. The molecule has 0 saturated heterocycles. The van der Waals surface area contributed by atoms with Crippen molar-refractivity contribution >= 4 is 32.4 Å². The Morgan fingerprint density at radius 3 is 2.67 bits per heavy atom. The fraction of sp³-hybridized carbons (Fsp3) is 0.412. The summed E-state index contributed by atoms with van der Waals surface area (Å²) in [6, 6.07) is 3.36. The molecule has 0 amide bonds. The summed E-state index contributed by atoms with van der Waals surface area (Å²) < 4.78 is 9.85. The Kier molecular flexibility index (Phi) is 4.65. The molecule has 0 aromatic carbocycles. The van der Waals surface area contributed by atoms with Gasteiger partial charge in [0.2, 0.25) is 0 Å². The number of hydrogen-bond acceptors (Lipinski definition) is 3. The molecular weight excluding hydrogens is 315 g/mol. The van der Waals surface area contributed by atoms with Crippen molar-refractivity contribution < 1.29 is 4.74 Å². The second-order valence-corrected chi connectivity index (χ2v) is 13.3. The molecule has 0 aliphatic rings. The Morgan fingerprint density at radius 2 is 2.00 bits per heavy atom. The predicted molar refractivity (Wildman–Crippen MR) is 104 cm³/mol. The highest BCUT2D eigenvalue weighted by molar-refractivity contribution is 6.76. The monoisotopic (exact) mass is 340 g/mol. The van der Waals surface area contributed by atoms with Crippen LogP contribution in [0.15, 0.2) is 30.9 Å². The molecule has 7 heteroatoms. The van der Waals surface area contributed by atoms with Crippen molar-refractivity contribution in [3.05, 3.63) is 30.9 Å². The first-order chi connectivity index (χ1) is 11.3. The SMILES string of the molecule is Bc1cnc2c(c1)c(-c1cnn(C)c1)cn2COCC[Si](C)(C)C. The first-order valence-corrected chi connectivity index (χ1v) is 12.1. The standard InChI is InChI=1S/C17H25BN4OSi/c1-21-10-13(8-20-21)16-11-22(12-23-5-6-24(2,3)4)17-15(16)7-14(18)9-19-17/h7-11H,5-6,12,18H2,1-4H3. The number of ether oxygens (including phenoxy) is 1. The summed E-state index contributed by atoms with van der Waals surface area (Å²) in [6.45, 7) is 8.45. The molecule has 0 bridgehead atoms. The molecule has 5 nitrogen and oxygen atoms in total. The zero-order valence-electron chi connectivity index (χ0n) is 15.2. The highest BCUT2D eigenvalue weighted by atomic mass is 28.3. The van der Waals surface area contributed by atoms with E-state index in [9.17, 15) is 0 Å². The van der Waals surface area contributed by atoms with Gasteiger partial charge in [0.25, 0.3) is 0 Å². The normalized spacial score (nSPS) is 12.2. The van der Waals surface area contributed by atoms with Gasteiger partial charge in [0.15, 0.2) is 0 Å². The second-order valence-electron chi connectivity index (χ2n) is 7.65. The zero-order chi connectivity index (χ0) is 17.3. The quantitative estimate of drug-likeness (QED) is 0.509. The fourth-order valence-corrected chi connectivity index (χ4v) is 3.46. The topological polar surface area (TPSA) is 44.9 Å². The van der Waals surface area contributed by atoms with Gasteiger partial charge in [0.05, 0.1) is 6.20 Å². The van der Waals surface area contributed by atoms with Gasteiger partial charge in [-0.1, -0.05) is 31.2 Å².